The molecule has 1 unspecified atom stereocenters. The number of hydrogen-bond donors (Lipinski definition) is 3. The van der Waals surface area contributed by atoms with Crippen LogP contribution >= 0.6 is 22.6 Å². The van der Waals surface area contributed by atoms with Gasteiger partial charge in [-0.2, -0.15) is 0 Å². The molecule has 2 aromatic carbocycles. The van der Waals surface area contributed by atoms with Crippen LogP contribution < -0.4 is 9.67 Å². The number of aromatic hydroxyl groups is 1. The molecule has 126 valence electrons. The molecule has 1 atom stereocenters. The zero-order valence-electron chi connectivity index (χ0n) is 12.4. The van der Waals surface area contributed by atoms with Crippen molar-refractivity contribution in [3.05, 3.63) is 51.6 Å². The monoisotopic (exact) mass is 505 g/mol. The Labute approximate surface area is 154 Å². The predicted molar refractivity (Wildman–Crippen MR) is 95.3 cm³/mol. The Balaban J connectivity index is 2.33. The maximum atomic E-state index is 12.5. The molecule has 2 rings (SSSR count). The summed E-state index contributed by atoms with van der Waals surface area (Å²) in [4.78, 5) is 23.3. The summed E-state index contributed by atoms with van der Waals surface area (Å²) in [7, 11) is 0. The predicted octanol–water partition coefficient (Wildman–Crippen LogP) is 1.38. The molecule has 0 saturated carbocycles. The number of halogens is 1. The topological polar surface area (TPSA) is 113 Å². The molecule has 0 radical (unpaired) electrons. The minimum absolute atomic E-state index is 0.0806. The Bertz CT molecular complexity index is 836. The van der Waals surface area contributed by atoms with Crippen molar-refractivity contribution < 1.29 is 26.3 Å². The van der Waals surface area contributed by atoms with Crippen LogP contribution in [-0.2, 0) is 12.3 Å². The number of hydrogen-bond acceptors (Lipinski definition) is 5. The second-order valence-electron chi connectivity index (χ2n) is 4.79. The van der Waals surface area contributed by atoms with E-state index in [2.05, 4.69) is 27.9 Å². The van der Waals surface area contributed by atoms with Crippen molar-refractivity contribution in [3.63, 3.8) is 0 Å². The van der Waals surface area contributed by atoms with E-state index in [1.807, 2.05) is 0 Å². The van der Waals surface area contributed by atoms with Crippen LogP contribution in [0, 0.1) is 3.57 Å². The van der Waals surface area contributed by atoms with Crippen molar-refractivity contribution in [1.82, 2.24) is 0 Å². The zero-order valence-corrected chi connectivity index (χ0v) is 16.4. The first kappa shape index (κ1) is 18.6. The van der Waals surface area contributed by atoms with Crippen LogP contribution in [0.2, 0.25) is 0 Å². The first-order chi connectivity index (χ1) is 11.2. The second-order valence-corrected chi connectivity index (χ2v) is 9.61. The molecule has 2 aromatic rings. The number of amides is 1. The van der Waals surface area contributed by atoms with Gasteiger partial charge in [-0.15, -0.1) is 0 Å². The summed E-state index contributed by atoms with van der Waals surface area (Å²) in [6, 6.07) is 9.70. The Morgan fingerprint density at radius 3 is 2.38 bits per heavy atom. The number of nitrogens with one attached hydrogen (secondary N) is 1. The van der Waals surface area contributed by atoms with Crippen molar-refractivity contribution in [1.29, 1.82) is 0 Å². The van der Waals surface area contributed by atoms with Crippen LogP contribution in [0.1, 0.15) is 17.3 Å². The molecule has 0 aliphatic heterocycles. The van der Waals surface area contributed by atoms with Gasteiger partial charge in [0.25, 0.3) is 0 Å². The number of carbonyl (C=O) groups excluding carboxylic acids is 2. The third kappa shape index (κ3) is 4.62. The second kappa shape index (κ2) is 7.41. The average Bonchev–Trinajstić information content (AvgIpc) is 2.46. The SMILES string of the molecule is CC(=O)Nc1cc(O)ccc1[As](=O)(O)OC(=O)c1ccc(I)cc1. The molecule has 0 aromatic heterocycles. The van der Waals surface area contributed by atoms with E-state index in [0.717, 1.165) is 15.7 Å². The number of carbonyl (C=O) groups is 2. The summed E-state index contributed by atoms with van der Waals surface area (Å²) >= 11 is -3.23. The fourth-order valence-corrected chi connectivity index (χ4v) is 4.56. The summed E-state index contributed by atoms with van der Waals surface area (Å²) in [6.07, 6.45) is 0. The van der Waals surface area contributed by atoms with E-state index in [1.165, 1.54) is 25.1 Å². The number of anilines is 1. The van der Waals surface area contributed by atoms with E-state index >= 15 is 0 Å². The standard InChI is InChI=1S/C15H13AsINO6/c1-9(19)18-14-8-12(20)6-7-13(14)16(22,23)24-15(21)10-2-4-11(17)5-3-10/h2-8,20H,1H3,(H,18,19)(H,22,23). The third-order valence-corrected chi connectivity index (χ3v) is 6.56. The van der Waals surface area contributed by atoms with Gasteiger partial charge >= 0.3 is 155 Å². The summed E-state index contributed by atoms with van der Waals surface area (Å²) in [5.41, 5.74) is 0.0499. The molecule has 1 amide bonds. The van der Waals surface area contributed by atoms with Gasteiger partial charge in [-0.05, 0) is 0 Å². The van der Waals surface area contributed by atoms with Crippen LogP contribution in [0.3, 0.4) is 0 Å². The van der Waals surface area contributed by atoms with Gasteiger partial charge in [0.05, 0.1) is 0 Å². The Kier molecular flexibility index (Phi) is 5.74. The van der Waals surface area contributed by atoms with E-state index in [4.69, 9.17) is 3.73 Å². The van der Waals surface area contributed by atoms with Crippen LogP contribution in [-0.4, -0.2) is 35.3 Å². The van der Waals surface area contributed by atoms with E-state index in [9.17, 15) is 22.5 Å². The summed E-state index contributed by atoms with van der Waals surface area (Å²) < 4.78 is 28.2. The van der Waals surface area contributed by atoms with Crippen molar-refractivity contribution in [2.24, 2.45) is 0 Å². The van der Waals surface area contributed by atoms with Gasteiger partial charge in [0, 0.05) is 0 Å². The molecule has 0 bridgehead atoms. The Morgan fingerprint density at radius 2 is 1.79 bits per heavy atom. The van der Waals surface area contributed by atoms with Crippen molar-refractivity contribution >= 4 is 58.7 Å². The molecule has 0 fully saturated rings. The van der Waals surface area contributed by atoms with Crippen LogP contribution in [0.25, 0.3) is 0 Å². The molecular weight excluding hydrogens is 492 g/mol. The molecule has 0 aliphatic rings. The fraction of sp³-hybridized carbons (Fsp3) is 0.0667. The van der Waals surface area contributed by atoms with E-state index in [1.54, 1.807) is 12.1 Å². The maximum absolute atomic E-state index is 12.5. The Morgan fingerprint density at radius 1 is 1.17 bits per heavy atom. The number of benzene rings is 2. The Hall–Kier alpha value is -1.77. The normalized spacial score (nSPS) is 13.0. The van der Waals surface area contributed by atoms with Crippen molar-refractivity contribution in [2.75, 3.05) is 5.32 Å². The molecule has 24 heavy (non-hydrogen) atoms. The molecule has 7 nitrogen and oxygen atoms in total. The fourth-order valence-electron chi connectivity index (χ4n) is 1.86. The van der Waals surface area contributed by atoms with Gasteiger partial charge < -0.3 is 0 Å². The number of rotatable bonds is 4. The molecule has 0 heterocycles. The summed E-state index contributed by atoms with van der Waals surface area (Å²) in [5.74, 6) is -1.65. The molecular formula is C15H13AsINO6. The van der Waals surface area contributed by atoms with E-state index in [-0.39, 0.29) is 21.4 Å². The van der Waals surface area contributed by atoms with Crippen molar-refractivity contribution in [3.8, 4) is 5.75 Å². The van der Waals surface area contributed by atoms with Gasteiger partial charge in [-0.25, -0.2) is 0 Å². The number of phenols is 1. The molecule has 0 aliphatic carbocycles. The quantitative estimate of drug-likeness (QED) is 0.428. The van der Waals surface area contributed by atoms with Gasteiger partial charge in [-0.3, -0.25) is 0 Å². The minimum atomic E-state index is -5.29. The first-order valence-electron chi connectivity index (χ1n) is 6.62. The summed E-state index contributed by atoms with van der Waals surface area (Å²) in [6.45, 7) is 1.21. The van der Waals surface area contributed by atoms with Gasteiger partial charge in [0.1, 0.15) is 0 Å². The molecule has 0 saturated heterocycles. The van der Waals surface area contributed by atoms with Gasteiger partial charge in [0.15, 0.2) is 0 Å². The summed E-state index contributed by atoms with van der Waals surface area (Å²) in [5, 5.41) is 11.8. The molecule has 9 heteroatoms. The molecule has 3 N–H and O–H groups in total. The van der Waals surface area contributed by atoms with E-state index in [0.29, 0.717) is 0 Å². The van der Waals surface area contributed by atoms with Gasteiger partial charge in [0.2, 0.25) is 0 Å². The van der Waals surface area contributed by atoms with Crippen molar-refractivity contribution in [2.45, 2.75) is 6.92 Å². The first-order valence-corrected chi connectivity index (χ1v) is 11.0. The average molecular weight is 505 g/mol. The molecule has 0 spiro atoms. The van der Waals surface area contributed by atoms with Gasteiger partial charge in [-0.1, -0.05) is 0 Å². The van der Waals surface area contributed by atoms with E-state index < -0.39 is 26.0 Å². The van der Waals surface area contributed by atoms with Crippen LogP contribution in [0.15, 0.2) is 42.5 Å². The van der Waals surface area contributed by atoms with Crippen LogP contribution in [0.5, 0.6) is 5.75 Å². The van der Waals surface area contributed by atoms with Crippen LogP contribution in [0.4, 0.5) is 5.69 Å². The number of phenolic OH excluding ortho intramolecular Hbond substituents is 1. The third-order valence-electron chi connectivity index (χ3n) is 2.88. The zero-order chi connectivity index (χ0) is 17.9.